The van der Waals surface area contributed by atoms with Crippen LogP contribution in [-0.4, -0.2) is 19.5 Å². The molecule has 0 aromatic heterocycles. The fourth-order valence-electron chi connectivity index (χ4n) is 1.09. The Labute approximate surface area is 67.9 Å². The van der Waals surface area contributed by atoms with Gasteiger partial charge in [0, 0.05) is 13.0 Å². The first-order valence-corrected chi connectivity index (χ1v) is 4.10. The SMILES string of the molecule is C#CCCO[C@@H]1CCCCO1. The second kappa shape index (κ2) is 5.17. The van der Waals surface area contributed by atoms with E-state index in [0.717, 1.165) is 19.4 Å². The van der Waals surface area contributed by atoms with E-state index in [0.29, 0.717) is 13.0 Å². The molecule has 62 valence electrons. The summed E-state index contributed by atoms with van der Waals surface area (Å²) in [4.78, 5) is 0. The number of ether oxygens (including phenoxy) is 2. The molecule has 0 saturated carbocycles. The molecule has 0 amide bonds. The molecule has 11 heavy (non-hydrogen) atoms. The van der Waals surface area contributed by atoms with Crippen molar-refractivity contribution in [2.24, 2.45) is 0 Å². The lowest BCUT2D eigenvalue weighted by Gasteiger charge is -2.22. The molecule has 1 saturated heterocycles. The van der Waals surface area contributed by atoms with Gasteiger partial charge in [0.05, 0.1) is 6.61 Å². The van der Waals surface area contributed by atoms with Gasteiger partial charge in [0.1, 0.15) is 0 Å². The average molecular weight is 154 g/mol. The van der Waals surface area contributed by atoms with E-state index in [-0.39, 0.29) is 6.29 Å². The Balaban J connectivity index is 2.01. The monoisotopic (exact) mass is 154 g/mol. The molecule has 0 spiro atoms. The molecule has 1 aliphatic rings. The van der Waals surface area contributed by atoms with Crippen LogP contribution in [0, 0.1) is 12.3 Å². The molecule has 1 atom stereocenters. The van der Waals surface area contributed by atoms with Crippen LogP contribution in [0.4, 0.5) is 0 Å². The third-order valence-electron chi connectivity index (χ3n) is 1.69. The zero-order chi connectivity index (χ0) is 7.94. The Kier molecular flexibility index (Phi) is 4.03. The Morgan fingerprint density at radius 1 is 1.55 bits per heavy atom. The first-order valence-electron chi connectivity index (χ1n) is 4.10. The van der Waals surface area contributed by atoms with Crippen LogP contribution in [0.25, 0.3) is 0 Å². The topological polar surface area (TPSA) is 18.5 Å². The van der Waals surface area contributed by atoms with Gasteiger partial charge in [-0.15, -0.1) is 12.3 Å². The molecule has 1 rings (SSSR count). The van der Waals surface area contributed by atoms with Crippen molar-refractivity contribution in [2.75, 3.05) is 13.2 Å². The van der Waals surface area contributed by atoms with Crippen LogP contribution in [0.3, 0.4) is 0 Å². The molecular weight excluding hydrogens is 140 g/mol. The minimum absolute atomic E-state index is 0.0112. The summed E-state index contributed by atoms with van der Waals surface area (Å²) < 4.78 is 10.7. The van der Waals surface area contributed by atoms with Gasteiger partial charge in [-0.3, -0.25) is 0 Å². The molecule has 0 aromatic carbocycles. The molecule has 0 N–H and O–H groups in total. The maximum Gasteiger partial charge on any atom is 0.157 e. The van der Waals surface area contributed by atoms with Crippen molar-refractivity contribution in [3.8, 4) is 12.3 Å². The summed E-state index contributed by atoms with van der Waals surface area (Å²) in [5, 5.41) is 0. The third kappa shape index (κ3) is 3.41. The van der Waals surface area contributed by atoms with Gasteiger partial charge in [0.15, 0.2) is 6.29 Å². The first-order chi connectivity index (χ1) is 5.43. The Morgan fingerprint density at radius 3 is 3.09 bits per heavy atom. The minimum atomic E-state index is 0.0112. The average Bonchev–Trinajstić information content (AvgIpc) is 2.07. The second-order valence-electron chi connectivity index (χ2n) is 2.62. The zero-order valence-electron chi connectivity index (χ0n) is 6.71. The Morgan fingerprint density at radius 2 is 2.45 bits per heavy atom. The molecule has 0 unspecified atom stereocenters. The van der Waals surface area contributed by atoms with Crippen LogP contribution in [0.5, 0.6) is 0 Å². The zero-order valence-corrected chi connectivity index (χ0v) is 6.71. The third-order valence-corrected chi connectivity index (χ3v) is 1.69. The van der Waals surface area contributed by atoms with Gasteiger partial charge in [-0.05, 0) is 19.3 Å². The van der Waals surface area contributed by atoms with Crippen LogP contribution in [-0.2, 0) is 9.47 Å². The smallest absolute Gasteiger partial charge is 0.157 e. The second-order valence-corrected chi connectivity index (χ2v) is 2.62. The molecule has 1 heterocycles. The van der Waals surface area contributed by atoms with Crippen LogP contribution in [0.2, 0.25) is 0 Å². The maximum atomic E-state index is 5.36. The van der Waals surface area contributed by atoms with Crippen molar-refractivity contribution in [1.29, 1.82) is 0 Å². The Bertz CT molecular complexity index is 131. The first kappa shape index (κ1) is 8.58. The summed E-state index contributed by atoms with van der Waals surface area (Å²) in [5.74, 6) is 2.53. The van der Waals surface area contributed by atoms with E-state index in [4.69, 9.17) is 15.9 Å². The molecule has 0 aliphatic carbocycles. The highest BCUT2D eigenvalue weighted by Gasteiger charge is 2.12. The molecule has 2 heteroatoms. The van der Waals surface area contributed by atoms with Crippen molar-refractivity contribution in [3.05, 3.63) is 0 Å². The lowest BCUT2D eigenvalue weighted by atomic mass is 10.2. The van der Waals surface area contributed by atoms with E-state index in [1.54, 1.807) is 0 Å². The predicted octanol–water partition coefficient (Wildman–Crippen LogP) is 1.55. The van der Waals surface area contributed by atoms with E-state index < -0.39 is 0 Å². The van der Waals surface area contributed by atoms with Crippen LogP contribution in [0.15, 0.2) is 0 Å². The summed E-state index contributed by atoms with van der Waals surface area (Å²) in [6.07, 6.45) is 9.15. The fourth-order valence-corrected chi connectivity index (χ4v) is 1.09. The fraction of sp³-hybridized carbons (Fsp3) is 0.778. The number of hydrogen-bond donors (Lipinski definition) is 0. The molecule has 1 fully saturated rings. The van der Waals surface area contributed by atoms with Gasteiger partial charge in [-0.1, -0.05) is 0 Å². The molecular formula is C9H14O2. The van der Waals surface area contributed by atoms with Crippen molar-refractivity contribution in [1.82, 2.24) is 0 Å². The van der Waals surface area contributed by atoms with Crippen molar-refractivity contribution in [3.63, 3.8) is 0 Å². The molecule has 0 aromatic rings. The predicted molar refractivity (Wildman–Crippen MR) is 43.0 cm³/mol. The van der Waals surface area contributed by atoms with Gasteiger partial charge in [0.2, 0.25) is 0 Å². The van der Waals surface area contributed by atoms with Gasteiger partial charge in [-0.25, -0.2) is 0 Å². The normalized spacial score (nSPS) is 24.5. The van der Waals surface area contributed by atoms with Crippen LogP contribution >= 0.6 is 0 Å². The standard InChI is InChI=1S/C9H14O2/c1-2-3-7-10-9-6-4-5-8-11-9/h1,9H,3-8H2/t9-/m0/s1. The quantitative estimate of drug-likeness (QED) is 0.453. The molecule has 1 aliphatic heterocycles. The van der Waals surface area contributed by atoms with Crippen LogP contribution in [0.1, 0.15) is 25.7 Å². The molecule has 0 bridgehead atoms. The van der Waals surface area contributed by atoms with Crippen molar-refractivity contribution < 1.29 is 9.47 Å². The van der Waals surface area contributed by atoms with Gasteiger partial charge >= 0.3 is 0 Å². The van der Waals surface area contributed by atoms with E-state index in [1.165, 1.54) is 6.42 Å². The summed E-state index contributed by atoms with van der Waals surface area (Å²) in [5.41, 5.74) is 0. The van der Waals surface area contributed by atoms with Gasteiger partial charge in [-0.2, -0.15) is 0 Å². The summed E-state index contributed by atoms with van der Waals surface area (Å²) in [7, 11) is 0. The highest BCUT2D eigenvalue weighted by Crippen LogP contribution is 2.13. The van der Waals surface area contributed by atoms with Crippen LogP contribution < -0.4 is 0 Å². The van der Waals surface area contributed by atoms with Crippen molar-refractivity contribution >= 4 is 0 Å². The number of terminal acetylenes is 1. The summed E-state index contributed by atoms with van der Waals surface area (Å²) >= 11 is 0. The largest absolute Gasteiger partial charge is 0.353 e. The summed E-state index contributed by atoms with van der Waals surface area (Å²) in [6.45, 7) is 1.46. The van der Waals surface area contributed by atoms with E-state index in [9.17, 15) is 0 Å². The number of hydrogen-bond acceptors (Lipinski definition) is 2. The summed E-state index contributed by atoms with van der Waals surface area (Å²) in [6, 6.07) is 0. The highest BCUT2D eigenvalue weighted by atomic mass is 16.7. The van der Waals surface area contributed by atoms with Gasteiger partial charge < -0.3 is 9.47 Å². The lowest BCUT2D eigenvalue weighted by Crippen LogP contribution is -2.22. The highest BCUT2D eigenvalue weighted by molar-refractivity contribution is 4.82. The van der Waals surface area contributed by atoms with E-state index in [2.05, 4.69) is 5.92 Å². The van der Waals surface area contributed by atoms with E-state index >= 15 is 0 Å². The molecule has 0 radical (unpaired) electrons. The van der Waals surface area contributed by atoms with E-state index in [1.807, 2.05) is 0 Å². The number of rotatable bonds is 3. The Hall–Kier alpha value is -0.520. The lowest BCUT2D eigenvalue weighted by molar-refractivity contribution is -0.161. The van der Waals surface area contributed by atoms with Crippen molar-refractivity contribution in [2.45, 2.75) is 32.0 Å². The maximum absolute atomic E-state index is 5.36. The molecule has 2 nitrogen and oxygen atoms in total. The van der Waals surface area contributed by atoms with Gasteiger partial charge in [0.25, 0.3) is 0 Å². The minimum Gasteiger partial charge on any atom is -0.353 e.